The summed E-state index contributed by atoms with van der Waals surface area (Å²) in [5, 5.41) is 4.82. The molecule has 3 nitrogen and oxygen atoms in total. The Morgan fingerprint density at radius 2 is 1.88 bits per heavy atom. The van der Waals surface area contributed by atoms with Crippen LogP contribution in [-0.2, 0) is 20.9 Å². The first-order valence-corrected chi connectivity index (χ1v) is 8.93. The average molecular weight is 334 g/mol. The van der Waals surface area contributed by atoms with E-state index in [0.717, 1.165) is 24.8 Å². The molecule has 3 heteroatoms. The van der Waals surface area contributed by atoms with Crippen molar-refractivity contribution in [1.82, 2.24) is 0 Å². The lowest BCUT2D eigenvalue weighted by atomic mass is 9.96. The van der Waals surface area contributed by atoms with Crippen LogP contribution in [0.15, 0.2) is 48.5 Å². The number of carbonyl (C=O) groups excluding carboxylic acids is 1. The number of benzene rings is 3. The Labute approximate surface area is 147 Å². The minimum Gasteiger partial charge on any atom is -0.436 e. The molecule has 0 amide bonds. The van der Waals surface area contributed by atoms with Crippen LogP contribution in [0.3, 0.4) is 0 Å². The van der Waals surface area contributed by atoms with Crippen molar-refractivity contribution < 1.29 is 14.3 Å². The highest BCUT2D eigenvalue weighted by molar-refractivity contribution is 6.02. The van der Waals surface area contributed by atoms with E-state index in [-0.39, 0.29) is 5.97 Å². The molecule has 1 aliphatic rings. The van der Waals surface area contributed by atoms with Crippen molar-refractivity contribution in [2.24, 2.45) is 0 Å². The number of hydrogen-bond donors (Lipinski definition) is 0. The maximum atomic E-state index is 11.7. The third-order valence-electron chi connectivity index (χ3n) is 4.88. The fourth-order valence-corrected chi connectivity index (χ4v) is 3.58. The zero-order valence-electron chi connectivity index (χ0n) is 14.5. The molecule has 0 spiro atoms. The average Bonchev–Trinajstić information content (AvgIpc) is 2.82. The summed E-state index contributed by atoms with van der Waals surface area (Å²) in [6.07, 6.45) is 2.68. The van der Waals surface area contributed by atoms with Gasteiger partial charge < -0.3 is 9.47 Å². The standard InChI is InChI=1S/C22H22O3/c1-15-10-11-19-17(12-15)13-16-6-2-3-7-18(16)20(19)14-24-22-9-5-4-8-21(23)25-22/h2-3,6-7,10-13,22H,4-5,8-9,14H2,1H3. The van der Waals surface area contributed by atoms with Gasteiger partial charge in [-0.15, -0.1) is 0 Å². The summed E-state index contributed by atoms with van der Waals surface area (Å²) in [5.74, 6) is -0.152. The summed E-state index contributed by atoms with van der Waals surface area (Å²) < 4.78 is 11.4. The summed E-state index contributed by atoms with van der Waals surface area (Å²) in [7, 11) is 0. The van der Waals surface area contributed by atoms with Crippen LogP contribution in [0.25, 0.3) is 21.5 Å². The molecule has 25 heavy (non-hydrogen) atoms. The summed E-state index contributed by atoms with van der Waals surface area (Å²) in [5.41, 5.74) is 2.40. The van der Waals surface area contributed by atoms with Gasteiger partial charge in [0.2, 0.25) is 6.29 Å². The van der Waals surface area contributed by atoms with E-state index in [4.69, 9.17) is 9.47 Å². The molecule has 0 saturated carbocycles. The summed E-state index contributed by atoms with van der Waals surface area (Å²) in [4.78, 5) is 11.7. The normalized spacial score (nSPS) is 18.3. The van der Waals surface area contributed by atoms with E-state index < -0.39 is 6.29 Å². The molecule has 3 aromatic carbocycles. The predicted octanol–water partition coefficient (Wildman–Crippen LogP) is 5.26. The summed E-state index contributed by atoms with van der Waals surface area (Å²) in [6.45, 7) is 2.55. The van der Waals surface area contributed by atoms with E-state index in [2.05, 4.69) is 55.5 Å². The number of rotatable bonds is 3. The first-order chi connectivity index (χ1) is 12.2. The molecule has 3 aromatic rings. The molecular weight excluding hydrogens is 312 g/mol. The minimum absolute atomic E-state index is 0.152. The molecule has 0 aromatic heterocycles. The van der Waals surface area contributed by atoms with Crippen molar-refractivity contribution in [2.75, 3.05) is 0 Å². The van der Waals surface area contributed by atoms with Crippen molar-refractivity contribution >= 4 is 27.5 Å². The molecule has 1 unspecified atom stereocenters. The number of carbonyl (C=O) groups is 1. The molecule has 0 N–H and O–H groups in total. The molecule has 1 aliphatic heterocycles. The van der Waals surface area contributed by atoms with Gasteiger partial charge in [-0.3, -0.25) is 4.79 Å². The third kappa shape index (κ3) is 3.38. The zero-order valence-corrected chi connectivity index (χ0v) is 14.5. The zero-order chi connectivity index (χ0) is 17.2. The molecule has 1 atom stereocenters. The predicted molar refractivity (Wildman–Crippen MR) is 99.3 cm³/mol. The van der Waals surface area contributed by atoms with Crippen molar-refractivity contribution in [3.63, 3.8) is 0 Å². The van der Waals surface area contributed by atoms with E-state index in [0.29, 0.717) is 13.0 Å². The molecule has 0 radical (unpaired) electrons. The lowest BCUT2D eigenvalue weighted by Crippen LogP contribution is -2.19. The van der Waals surface area contributed by atoms with Gasteiger partial charge in [0.15, 0.2) is 0 Å². The second-order valence-corrected chi connectivity index (χ2v) is 6.78. The largest absolute Gasteiger partial charge is 0.436 e. The maximum Gasteiger partial charge on any atom is 0.308 e. The Balaban J connectivity index is 1.72. The van der Waals surface area contributed by atoms with Crippen LogP contribution in [0.2, 0.25) is 0 Å². The molecule has 4 rings (SSSR count). The van der Waals surface area contributed by atoms with Crippen molar-refractivity contribution in [2.45, 2.75) is 45.5 Å². The van der Waals surface area contributed by atoms with Gasteiger partial charge in [0.25, 0.3) is 0 Å². The van der Waals surface area contributed by atoms with Crippen molar-refractivity contribution in [3.05, 3.63) is 59.7 Å². The number of ether oxygens (including phenoxy) is 2. The van der Waals surface area contributed by atoms with Gasteiger partial charge in [0, 0.05) is 12.8 Å². The Bertz CT molecular complexity index is 929. The molecule has 1 saturated heterocycles. The lowest BCUT2D eigenvalue weighted by molar-refractivity contribution is -0.179. The third-order valence-corrected chi connectivity index (χ3v) is 4.88. The molecular formula is C22H22O3. The van der Waals surface area contributed by atoms with E-state index in [1.54, 1.807) is 0 Å². The van der Waals surface area contributed by atoms with Crippen LogP contribution in [0, 0.1) is 6.92 Å². The van der Waals surface area contributed by atoms with E-state index in [1.165, 1.54) is 27.1 Å². The SMILES string of the molecule is Cc1ccc2c(COC3CCCCC(=O)O3)c3ccccc3cc2c1. The van der Waals surface area contributed by atoms with E-state index in [9.17, 15) is 4.79 Å². The fraction of sp³-hybridized carbons (Fsp3) is 0.318. The number of fused-ring (bicyclic) bond motifs is 2. The van der Waals surface area contributed by atoms with E-state index in [1.807, 2.05) is 0 Å². The first-order valence-electron chi connectivity index (χ1n) is 8.93. The number of hydrogen-bond acceptors (Lipinski definition) is 3. The topological polar surface area (TPSA) is 35.5 Å². The van der Waals surface area contributed by atoms with Crippen molar-refractivity contribution in [1.29, 1.82) is 0 Å². The first kappa shape index (κ1) is 16.1. The lowest BCUT2D eigenvalue weighted by Gasteiger charge is -2.18. The summed E-state index contributed by atoms with van der Waals surface area (Å²) in [6, 6.07) is 17.1. The number of cyclic esters (lactones) is 1. The van der Waals surface area contributed by atoms with Gasteiger partial charge in [-0.05, 0) is 52.9 Å². The van der Waals surface area contributed by atoms with Crippen LogP contribution >= 0.6 is 0 Å². The fourth-order valence-electron chi connectivity index (χ4n) is 3.58. The Hall–Kier alpha value is -2.39. The molecule has 0 bridgehead atoms. The Morgan fingerprint density at radius 1 is 1.04 bits per heavy atom. The highest BCUT2D eigenvalue weighted by atomic mass is 16.7. The van der Waals surface area contributed by atoms with Gasteiger partial charge in [0.1, 0.15) is 0 Å². The van der Waals surface area contributed by atoms with Gasteiger partial charge in [-0.25, -0.2) is 0 Å². The van der Waals surface area contributed by atoms with Gasteiger partial charge in [0.05, 0.1) is 6.61 Å². The minimum atomic E-state index is -0.436. The van der Waals surface area contributed by atoms with Crippen LogP contribution in [0.5, 0.6) is 0 Å². The van der Waals surface area contributed by atoms with Crippen LogP contribution in [0.1, 0.15) is 36.8 Å². The van der Waals surface area contributed by atoms with Crippen LogP contribution < -0.4 is 0 Å². The Kier molecular flexibility index (Phi) is 4.41. The number of esters is 1. The van der Waals surface area contributed by atoms with Gasteiger partial charge in [-0.2, -0.15) is 0 Å². The quantitative estimate of drug-likeness (QED) is 0.484. The van der Waals surface area contributed by atoms with Crippen LogP contribution in [0.4, 0.5) is 0 Å². The highest BCUT2D eigenvalue weighted by Gasteiger charge is 2.19. The second kappa shape index (κ2) is 6.85. The number of aryl methyl sites for hydroxylation is 1. The summed E-state index contributed by atoms with van der Waals surface area (Å²) >= 11 is 0. The molecule has 128 valence electrons. The Morgan fingerprint density at radius 3 is 2.80 bits per heavy atom. The second-order valence-electron chi connectivity index (χ2n) is 6.78. The molecule has 1 heterocycles. The molecule has 1 fully saturated rings. The van der Waals surface area contributed by atoms with Gasteiger partial charge >= 0.3 is 5.97 Å². The smallest absolute Gasteiger partial charge is 0.308 e. The van der Waals surface area contributed by atoms with Crippen LogP contribution in [-0.4, -0.2) is 12.3 Å². The monoisotopic (exact) mass is 334 g/mol. The van der Waals surface area contributed by atoms with Crippen molar-refractivity contribution in [3.8, 4) is 0 Å². The highest BCUT2D eigenvalue weighted by Crippen LogP contribution is 2.30. The maximum absolute atomic E-state index is 11.7. The molecule has 0 aliphatic carbocycles. The van der Waals surface area contributed by atoms with Gasteiger partial charge in [-0.1, -0.05) is 48.0 Å². The van der Waals surface area contributed by atoms with E-state index >= 15 is 0 Å².